The Morgan fingerprint density at radius 1 is 1.03 bits per heavy atom. The third kappa shape index (κ3) is 4.70. The summed E-state index contributed by atoms with van der Waals surface area (Å²) >= 11 is 6.15. The van der Waals surface area contributed by atoms with Crippen molar-refractivity contribution >= 4 is 40.7 Å². The van der Waals surface area contributed by atoms with Crippen molar-refractivity contribution < 1.29 is 29.0 Å². The van der Waals surface area contributed by atoms with Gasteiger partial charge < -0.3 is 14.6 Å². The maximum Gasteiger partial charge on any atom is 0.338 e. The minimum atomic E-state index is -0.923. The Labute approximate surface area is 213 Å². The van der Waals surface area contributed by atoms with Gasteiger partial charge in [0.2, 0.25) is 0 Å². The molecule has 4 rings (SSSR count). The molecule has 0 aromatic heterocycles. The predicted octanol–water partition coefficient (Wildman–Crippen LogP) is 5.54. The van der Waals surface area contributed by atoms with Gasteiger partial charge in [-0.2, -0.15) is 0 Å². The van der Waals surface area contributed by atoms with Gasteiger partial charge in [0, 0.05) is 10.7 Å². The Bertz CT molecular complexity index is 1330. The first kappa shape index (κ1) is 25.0. The third-order valence-electron chi connectivity index (χ3n) is 5.79. The second kappa shape index (κ2) is 10.7. The number of esters is 1. The third-order valence-corrected chi connectivity index (χ3v) is 6.03. The number of aliphatic hydroxyl groups is 1. The molecule has 7 nitrogen and oxygen atoms in total. The fourth-order valence-electron chi connectivity index (χ4n) is 4.10. The average molecular weight is 506 g/mol. The molecule has 1 aliphatic rings. The van der Waals surface area contributed by atoms with Crippen LogP contribution in [0.3, 0.4) is 0 Å². The highest BCUT2D eigenvalue weighted by molar-refractivity contribution is 6.51. The van der Waals surface area contributed by atoms with E-state index < -0.39 is 29.5 Å². The van der Waals surface area contributed by atoms with E-state index in [2.05, 4.69) is 0 Å². The van der Waals surface area contributed by atoms with E-state index in [4.69, 9.17) is 21.1 Å². The van der Waals surface area contributed by atoms with Crippen LogP contribution in [-0.4, -0.2) is 36.5 Å². The van der Waals surface area contributed by atoms with Gasteiger partial charge in [-0.3, -0.25) is 14.5 Å². The summed E-state index contributed by atoms with van der Waals surface area (Å²) in [7, 11) is 1.43. The number of amides is 1. The molecule has 184 valence electrons. The van der Waals surface area contributed by atoms with Gasteiger partial charge in [-0.15, -0.1) is 0 Å². The van der Waals surface area contributed by atoms with Gasteiger partial charge in [0.05, 0.1) is 36.5 Å². The molecule has 3 aromatic rings. The Hall–Kier alpha value is -4.10. The van der Waals surface area contributed by atoms with Crippen molar-refractivity contribution in [1.82, 2.24) is 0 Å². The van der Waals surface area contributed by atoms with Crippen LogP contribution in [0.4, 0.5) is 5.69 Å². The quantitative estimate of drug-likeness (QED) is 0.196. The van der Waals surface area contributed by atoms with E-state index in [9.17, 15) is 19.5 Å². The molecular weight excluding hydrogens is 482 g/mol. The molecule has 1 heterocycles. The first-order valence-corrected chi connectivity index (χ1v) is 11.7. The number of benzene rings is 3. The number of hydrogen-bond acceptors (Lipinski definition) is 6. The summed E-state index contributed by atoms with van der Waals surface area (Å²) < 4.78 is 10.5. The summed E-state index contributed by atoms with van der Waals surface area (Å²) in [5, 5.41) is 11.6. The number of hydrogen-bond donors (Lipinski definition) is 1. The Kier molecular flexibility index (Phi) is 7.41. The summed E-state index contributed by atoms with van der Waals surface area (Å²) in [6.07, 6.45) is 0.697. The molecule has 0 spiro atoms. The van der Waals surface area contributed by atoms with Gasteiger partial charge in [-0.1, -0.05) is 48.9 Å². The number of aliphatic hydroxyl groups excluding tert-OH is 1. The van der Waals surface area contributed by atoms with Gasteiger partial charge in [0.25, 0.3) is 11.7 Å². The number of nitrogens with zero attached hydrogens (tertiary/aromatic N) is 1. The summed E-state index contributed by atoms with van der Waals surface area (Å²) in [5.74, 6) is -2.24. The number of Topliss-reactive ketones (excluding diaryl/α,β-unsaturated/α-hetero) is 1. The van der Waals surface area contributed by atoms with E-state index in [1.807, 2.05) is 13.0 Å². The van der Waals surface area contributed by atoms with Crippen molar-refractivity contribution in [3.8, 4) is 5.75 Å². The van der Waals surface area contributed by atoms with Crippen LogP contribution in [0.25, 0.3) is 5.76 Å². The van der Waals surface area contributed by atoms with Crippen LogP contribution in [0.2, 0.25) is 5.02 Å². The molecule has 1 fully saturated rings. The van der Waals surface area contributed by atoms with E-state index in [1.165, 1.54) is 30.2 Å². The lowest BCUT2D eigenvalue weighted by atomic mass is 9.95. The SMILES string of the molecule is CCCOC(=O)c1ccc(N2C(=O)C(=O)/C(=C(/O)c3cc(Cl)ccc3OC)C2c2ccccc2)cc1. The number of halogens is 1. The van der Waals surface area contributed by atoms with Crippen LogP contribution in [0.1, 0.15) is 40.9 Å². The minimum absolute atomic E-state index is 0.0989. The fourth-order valence-corrected chi connectivity index (χ4v) is 4.27. The van der Waals surface area contributed by atoms with E-state index in [1.54, 1.807) is 48.5 Å². The zero-order chi connectivity index (χ0) is 25.8. The van der Waals surface area contributed by atoms with Gasteiger partial charge >= 0.3 is 5.97 Å². The maximum absolute atomic E-state index is 13.3. The lowest BCUT2D eigenvalue weighted by molar-refractivity contribution is -0.132. The molecule has 36 heavy (non-hydrogen) atoms. The molecule has 1 aliphatic heterocycles. The molecule has 0 aliphatic carbocycles. The van der Waals surface area contributed by atoms with Crippen LogP contribution < -0.4 is 9.64 Å². The fraction of sp³-hybridized carbons (Fsp3) is 0.179. The van der Waals surface area contributed by atoms with E-state index in [-0.39, 0.29) is 11.1 Å². The standard InChI is InChI=1S/C28H24ClNO6/c1-3-15-36-28(34)18-9-12-20(13-10-18)30-24(17-7-5-4-6-8-17)23(26(32)27(30)33)25(31)21-16-19(29)11-14-22(21)35-2/h4-14,16,24,31H,3,15H2,1-2H3/b25-23+. The zero-order valence-corrected chi connectivity index (χ0v) is 20.5. The maximum atomic E-state index is 13.3. The lowest BCUT2D eigenvalue weighted by Gasteiger charge is -2.25. The number of carbonyl (C=O) groups is 3. The highest BCUT2D eigenvalue weighted by atomic mass is 35.5. The Morgan fingerprint density at radius 2 is 1.72 bits per heavy atom. The smallest absolute Gasteiger partial charge is 0.338 e. The summed E-state index contributed by atoms with van der Waals surface area (Å²) in [4.78, 5) is 40.1. The predicted molar refractivity (Wildman–Crippen MR) is 136 cm³/mol. The number of methoxy groups -OCH3 is 1. The second-order valence-electron chi connectivity index (χ2n) is 8.11. The normalized spacial score (nSPS) is 16.8. The minimum Gasteiger partial charge on any atom is -0.507 e. The van der Waals surface area contributed by atoms with Gasteiger partial charge in [-0.25, -0.2) is 4.79 Å². The van der Waals surface area contributed by atoms with Crippen molar-refractivity contribution in [2.75, 3.05) is 18.6 Å². The molecule has 1 N–H and O–H groups in total. The second-order valence-corrected chi connectivity index (χ2v) is 8.54. The zero-order valence-electron chi connectivity index (χ0n) is 19.7. The molecule has 3 aromatic carbocycles. The number of carbonyl (C=O) groups excluding carboxylic acids is 3. The highest BCUT2D eigenvalue weighted by Crippen LogP contribution is 2.43. The Morgan fingerprint density at radius 3 is 2.36 bits per heavy atom. The summed E-state index contributed by atoms with van der Waals surface area (Å²) in [6, 6.07) is 18.8. The van der Waals surface area contributed by atoms with Crippen LogP contribution in [0.5, 0.6) is 5.75 Å². The number of anilines is 1. The molecule has 8 heteroatoms. The highest BCUT2D eigenvalue weighted by Gasteiger charge is 2.47. The molecule has 1 amide bonds. The molecule has 0 saturated carbocycles. The van der Waals surface area contributed by atoms with Crippen LogP contribution >= 0.6 is 11.6 Å². The molecule has 0 bridgehead atoms. The van der Waals surface area contributed by atoms with Crippen molar-refractivity contribution in [3.63, 3.8) is 0 Å². The van der Waals surface area contributed by atoms with Crippen LogP contribution in [0.15, 0.2) is 78.4 Å². The van der Waals surface area contributed by atoms with Crippen molar-refractivity contribution in [1.29, 1.82) is 0 Å². The topological polar surface area (TPSA) is 93.1 Å². The van der Waals surface area contributed by atoms with Crippen LogP contribution in [0, 0.1) is 0 Å². The summed E-state index contributed by atoms with van der Waals surface area (Å²) in [5.41, 5.74) is 1.42. The lowest BCUT2D eigenvalue weighted by Crippen LogP contribution is -2.29. The number of ether oxygens (including phenoxy) is 2. The molecule has 1 saturated heterocycles. The Balaban J connectivity index is 1.85. The largest absolute Gasteiger partial charge is 0.507 e. The van der Waals surface area contributed by atoms with E-state index in [0.717, 1.165) is 0 Å². The summed E-state index contributed by atoms with van der Waals surface area (Å²) in [6.45, 7) is 2.20. The van der Waals surface area contributed by atoms with Gasteiger partial charge in [0.15, 0.2) is 0 Å². The van der Waals surface area contributed by atoms with Crippen molar-refractivity contribution in [2.45, 2.75) is 19.4 Å². The number of ketones is 1. The van der Waals surface area contributed by atoms with Crippen LogP contribution in [-0.2, 0) is 14.3 Å². The van der Waals surface area contributed by atoms with Gasteiger partial charge in [-0.05, 0) is 54.4 Å². The van der Waals surface area contributed by atoms with Gasteiger partial charge in [0.1, 0.15) is 11.5 Å². The average Bonchev–Trinajstić information content (AvgIpc) is 3.17. The monoisotopic (exact) mass is 505 g/mol. The first-order valence-electron chi connectivity index (χ1n) is 11.3. The molecular formula is C28H24ClNO6. The van der Waals surface area contributed by atoms with Crippen molar-refractivity contribution in [2.24, 2.45) is 0 Å². The molecule has 0 radical (unpaired) electrons. The van der Waals surface area contributed by atoms with E-state index >= 15 is 0 Å². The molecule has 1 atom stereocenters. The van der Waals surface area contributed by atoms with Crippen molar-refractivity contribution in [3.05, 3.63) is 100 Å². The molecule has 1 unspecified atom stereocenters. The first-order chi connectivity index (χ1) is 17.4. The van der Waals surface area contributed by atoms with E-state index in [0.29, 0.717) is 40.6 Å². The number of rotatable bonds is 7.